The lowest BCUT2D eigenvalue weighted by atomic mass is 9.96. The van der Waals surface area contributed by atoms with Crippen molar-refractivity contribution in [3.8, 4) is 11.6 Å². The van der Waals surface area contributed by atoms with Gasteiger partial charge in [0.15, 0.2) is 0 Å². The molecule has 106 valence electrons. The Morgan fingerprint density at radius 3 is 2.15 bits per heavy atom. The van der Waals surface area contributed by atoms with E-state index in [1.165, 1.54) is 0 Å². The topological polar surface area (TPSA) is 35.0 Å². The lowest BCUT2D eigenvalue weighted by Crippen LogP contribution is -2.16. The molecule has 0 aliphatic heterocycles. The van der Waals surface area contributed by atoms with Gasteiger partial charge in [0.1, 0.15) is 16.2 Å². The summed E-state index contributed by atoms with van der Waals surface area (Å²) in [6.07, 6.45) is 0. The fraction of sp³-hybridized carbons (Fsp3) is 0.286. The maximum Gasteiger partial charge on any atom is 0.223 e. The van der Waals surface area contributed by atoms with Crippen molar-refractivity contribution in [1.82, 2.24) is 9.97 Å². The highest BCUT2D eigenvalue weighted by Crippen LogP contribution is 2.30. The van der Waals surface area contributed by atoms with Gasteiger partial charge in [0.2, 0.25) is 5.88 Å². The van der Waals surface area contributed by atoms with E-state index >= 15 is 0 Å². The second-order valence-corrected chi connectivity index (χ2v) is 7.00. The van der Waals surface area contributed by atoms with Crippen molar-refractivity contribution in [2.45, 2.75) is 26.2 Å². The molecule has 0 saturated heterocycles. The van der Waals surface area contributed by atoms with Crippen LogP contribution in [0, 0.1) is 0 Å². The molecule has 0 spiro atoms. The Balaban J connectivity index is 2.36. The van der Waals surface area contributed by atoms with E-state index in [0.717, 1.165) is 0 Å². The summed E-state index contributed by atoms with van der Waals surface area (Å²) in [6.45, 7) is 6.11. The number of ether oxygens (including phenoxy) is 1. The molecule has 2 aromatic rings. The van der Waals surface area contributed by atoms with Crippen molar-refractivity contribution >= 4 is 39.1 Å². The van der Waals surface area contributed by atoms with E-state index in [1.54, 1.807) is 24.3 Å². The average molecular weight is 376 g/mol. The molecule has 0 aliphatic carbocycles. The fourth-order valence-electron chi connectivity index (χ4n) is 1.49. The van der Waals surface area contributed by atoms with Gasteiger partial charge in [-0.1, -0.05) is 44.0 Å². The van der Waals surface area contributed by atoms with Gasteiger partial charge in [-0.2, -0.15) is 4.98 Å². The van der Waals surface area contributed by atoms with Gasteiger partial charge in [-0.25, -0.2) is 4.98 Å². The summed E-state index contributed by atoms with van der Waals surface area (Å²) < 4.78 is 6.37. The number of benzene rings is 1. The number of hydrogen-bond donors (Lipinski definition) is 0. The van der Waals surface area contributed by atoms with Crippen LogP contribution >= 0.6 is 39.1 Å². The summed E-state index contributed by atoms with van der Waals surface area (Å²) >= 11 is 15.3. The van der Waals surface area contributed by atoms with Gasteiger partial charge in [-0.15, -0.1) is 0 Å². The minimum Gasteiger partial charge on any atom is -0.439 e. The Morgan fingerprint density at radius 1 is 1.00 bits per heavy atom. The summed E-state index contributed by atoms with van der Waals surface area (Å²) in [6, 6.07) is 6.71. The van der Waals surface area contributed by atoms with Crippen molar-refractivity contribution < 1.29 is 4.74 Å². The third-order valence-corrected chi connectivity index (χ3v) is 3.24. The summed E-state index contributed by atoms with van der Waals surface area (Å²) in [7, 11) is 0. The molecule has 0 N–H and O–H groups in total. The summed E-state index contributed by atoms with van der Waals surface area (Å²) in [5.41, 5.74) is -0.173. The highest BCUT2D eigenvalue weighted by Gasteiger charge is 2.19. The predicted molar refractivity (Wildman–Crippen MR) is 85.0 cm³/mol. The summed E-state index contributed by atoms with van der Waals surface area (Å²) in [5.74, 6) is 1.66. The summed E-state index contributed by atoms with van der Waals surface area (Å²) in [4.78, 5) is 8.77. The molecule has 2 rings (SSSR count). The minimum atomic E-state index is -0.173. The van der Waals surface area contributed by atoms with Gasteiger partial charge in [-0.05, 0) is 34.1 Å². The fourth-order valence-corrected chi connectivity index (χ4v) is 2.36. The highest BCUT2D eigenvalue weighted by molar-refractivity contribution is 9.10. The molecular formula is C14H13BrCl2N2O. The zero-order valence-corrected chi connectivity index (χ0v) is 14.3. The second kappa shape index (κ2) is 5.88. The van der Waals surface area contributed by atoms with Gasteiger partial charge in [0.05, 0.1) is 0 Å². The molecular weight excluding hydrogens is 363 g/mol. The first-order valence-electron chi connectivity index (χ1n) is 5.93. The van der Waals surface area contributed by atoms with Gasteiger partial charge < -0.3 is 4.74 Å². The van der Waals surface area contributed by atoms with Crippen molar-refractivity contribution in [2.75, 3.05) is 0 Å². The number of hydrogen-bond acceptors (Lipinski definition) is 3. The van der Waals surface area contributed by atoms with Crippen LogP contribution in [0.2, 0.25) is 10.0 Å². The van der Waals surface area contributed by atoms with Crippen LogP contribution in [0.3, 0.4) is 0 Å². The van der Waals surface area contributed by atoms with Crippen molar-refractivity contribution in [3.63, 3.8) is 0 Å². The Labute approximate surface area is 136 Å². The van der Waals surface area contributed by atoms with E-state index in [9.17, 15) is 0 Å². The van der Waals surface area contributed by atoms with Gasteiger partial charge in [-0.3, -0.25) is 0 Å². The zero-order chi connectivity index (χ0) is 14.9. The van der Waals surface area contributed by atoms with Crippen LogP contribution in [0.1, 0.15) is 26.6 Å². The molecule has 0 radical (unpaired) electrons. The normalized spacial score (nSPS) is 11.5. The predicted octanol–water partition coefficient (Wildman–Crippen LogP) is 5.64. The number of aromatic nitrogens is 2. The molecule has 1 heterocycles. The minimum absolute atomic E-state index is 0.173. The average Bonchev–Trinajstić information content (AvgIpc) is 2.25. The van der Waals surface area contributed by atoms with E-state index < -0.39 is 0 Å². The monoisotopic (exact) mass is 374 g/mol. The number of nitrogens with zero attached hydrogens (tertiary/aromatic N) is 2. The Hall–Kier alpha value is -0.840. The third-order valence-electron chi connectivity index (χ3n) is 2.40. The lowest BCUT2D eigenvalue weighted by Gasteiger charge is -2.17. The first-order chi connectivity index (χ1) is 9.24. The maximum absolute atomic E-state index is 5.95. The SMILES string of the molecule is CC(C)(C)c1nc(Br)cc(Oc2cc(Cl)cc(Cl)c2)n1. The van der Waals surface area contributed by atoms with Crippen LogP contribution in [0.5, 0.6) is 11.6 Å². The molecule has 0 atom stereocenters. The lowest BCUT2D eigenvalue weighted by molar-refractivity contribution is 0.444. The van der Waals surface area contributed by atoms with Crippen LogP contribution in [-0.4, -0.2) is 9.97 Å². The van der Waals surface area contributed by atoms with Crippen LogP contribution in [0.25, 0.3) is 0 Å². The zero-order valence-electron chi connectivity index (χ0n) is 11.2. The van der Waals surface area contributed by atoms with E-state index in [4.69, 9.17) is 27.9 Å². The quantitative estimate of drug-likeness (QED) is 0.637. The molecule has 0 bridgehead atoms. The van der Waals surface area contributed by atoms with Crippen LogP contribution in [0.15, 0.2) is 28.9 Å². The number of rotatable bonds is 2. The van der Waals surface area contributed by atoms with E-state index in [2.05, 4.69) is 25.9 Å². The Kier molecular flexibility index (Phi) is 4.57. The molecule has 1 aromatic carbocycles. The van der Waals surface area contributed by atoms with Crippen molar-refractivity contribution in [3.05, 3.63) is 44.7 Å². The van der Waals surface area contributed by atoms with Crippen LogP contribution in [-0.2, 0) is 5.41 Å². The Bertz CT molecular complexity index is 621. The smallest absolute Gasteiger partial charge is 0.223 e. The molecule has 0 unspecified atom stereocenters. The largest absolute Gasteiger partial charge is 0.439 e. The van der Waals surface area contributed by atoms with Crippen LogP contribution < -0.4 is 4.74 Å². The van der Waals surface area contributed by atoms with Crippen molar-refractivity contribution in [2.24, 2.45) is 0 Å². The molecule has 6 heteroatoms. The molecule has 1 aromatic heterocycles. The van der Waals surface area contributed by atoms with Gasteiger partial charge in [0.25, 0.3) is 0 Å². The highest BCUT2D eigenvalue weighted by atomic mass is 79.9. The molecule has 3 nitrogen and oxygen atoms in total. The van der Waals surface area contributed by atoms with Crippen molar-refractivity contribution in [1.29, 1.82) is 0 Å². The number of halogens is 3. The molecule has 0 amide bonds. The second-order valence-electron chi connectivity index (χ2n) is 5.31. The molecule has 20 heavy (non-hydrogen) atoms. The van der Waals surface area contributed by atoms with Gasteiger partial charge in [0, 0.05) is 21.5 Å². The third kappa shape index (κ3) is 4.08. The molecule has 0 fully saturated rings. The standard InChI is InChI=1S/C14H13BrCl2N2O/c1-14(2,3)13-18-11(15)7-12(19-13)20-10-5-8(16)4-9(17)6-10/h4-7H,1-3H3. The first-order valence-corrected chi connectivity index (χ1v) is 7.48. The first kappa shape index (κ1) is 15.5. The summed E-state index contributed by atoms with van der Waals surface area (Å²) in [5, 5.41) is 1.02. The Morgan fingerprint density at radius 2 is 1.60 bits per heavy atom. The van der Waals surface area contributed by atoms with E-state index in [0.29, 0.717) is 32.1 Å². The van der Waals surface area contributed by atoms with Crippen LogP contribution in [0.4, 0.5) is 0 Å². The van der Waals surface area contributed by atoms with E-state index in [-0.39, 0.29) is 5.41 Å². The molecule has 0 saturated carbocycles. The van der Waals surface area contributed by atoms with E-state index in [1.807, 2.05) is 20.8 Å². The van der Waals surface area contributed by atoms with Gasteiger partial charge >= 0.3 is 0 Å². The molecule has 0 aliphatic rings. The maximum atomic E-state index is 5.95.